The molecular formula is C19H12N2O5. The summed E-state index contributed by atoms with van der Waals surface area (Å²) in [4.78, 5) is 15.7. The molecule has 0 amide bonds. The first-order chi connectivity index (χ1) is 12.6. The number of phenolic OH excluding ortho intramolecular Hbond substituents is 1. The van der Waals surface area contributed by atoms with Crippen LogP contribution in [0.5, 0.6) is 17.2 Å². The van der Waals surface area contributed by atoms with E-state index in [-0.39, 0.29) is 17.4 Å². The van der Waals surface area contributed by atoms with E-state index in [9.17, 15) is 9.90 Å². The molecule has 3 N–H and O–H groups in total. The maximum absolute atomic E-state index is 11.2. The minimum atomic E-state index is -0.997. The van der Waals surface area contributed by atoms with E-state index in [1.807, 2.05) is 6.08 Å². The van der Waals surface area contributed by atoms with Gasteiger partial charge in [0.15, 0.2) is 11.5 Å². The molecule has 2 aromatic rings. The van der Waals surface area contributed by atoms with Crippen molar-refractivity contribution in [3.05, 3.63) is 65.6 Å². The number of allylic oxidation sites excluding steroid dienone is 1. The number of hydrogen-bond acceptors (Lipinski definition) is 6. The van der Waals surface area contributed by atoms with Crippen LogP contribution in [0.2, 0.25) is 0 Å². The van der Waals surface area contributed by atoms with Gasteiger partial charge < -0.3 is 25.0 Å². The van der Waals surface area contributed by atoms with Gasteiger partial charge in [0.1, 0.15) is 34.7 Å². The number of hydrogen-bond donors (Lipinski definition) is 3. The molecule has 2 aliphatic heterocycles. The van der Waals surface area contributed by atoms with Crippen molar-refractivity contribution >= 4 is 23.1 Å². The number of ether oxygens (including phenoxy) is 2. The van der Waals surface area contributed by atoms with Crippen molar-refractivity contribution in [1.29, 1.82) is 0 Å². The summed E-state index contributed by atoms with van der Waals surface area (Å²) in [7, 11) is 0. The summed E-state index contributed by atoms with van der Waals surface area (Å²) in [6, 6.07) is 9.09. The second kappa shape index (κ2) is 5.13. The van der Waals surface area contributed by atoms with Gasteiger partial charge in [-0.25, -0.2) is 9.79 Å². The Balaban J connectivity index is 1.55. The molecule has 1 unspecified atom stereocenters. The van der Waals surface area contributed by atoms with E-state index in [0.717, 1.165) is 0 Å². The predicted molar refractivity (Wildman–Crippen MR) is 93.4 cm³/mol. The Kier molecular flexibility index (Phi) is 2.88. The van der Waals surface area contributed by atoms with E-state index >= 15 is 0 Å². The Hall–Kier alpha value is -3.74. The van der Waals surface area contributed by atoms with Crippen molar-refractivity contribution in [2.75, 3.05) is 5.32 Å². The normalized spacial score (nSPS) is 18.9. The number of nitrogens with zero attached hydrogens (tertiary/aromatic N) is 1. The SMILES string of the molecule is O=C(O)c1ccc2c(c1)NC1C=C3Oc4ccc(O)cc4N=C3C=C1O2. The Morgan fingerprint density at radius 2 is 1.96 bits per heavy atom. The lowest BCUT2D eigenvalue weighted by Crippen LogP contribution is -2.33. The molecule has 0 spiro atoms. The van der Waals surface area contributed by atoms with E-state index in [4.69, 9.17) is 14.6 Å². The molecule has 7 nitrogen and oxygen atoms in total. The maximum atomic E-state index is 11.2. The van der Waals surface area contributed by atoms with Gasteiger partial charge in [0, 0.05) is 12.1 Å². The molecule has 0 radical (unpaired) electrons. The number of anilines is 1. The quantitative estimate of drug-likeness (QED) is 0.732. The van der Waals surface area contributed by atoms with Gasteiger partial charge >= 0.3 is 5.97 Å². The van der Waals surface area contributed by atoms with Crippen LogP contribution >= 0.6 is 0 Å². The molecule has 2 aromatic carbocycles. The number of aliphatic imine (C=N–C) groups is 1. The number of carboxylic acids is 1. The highest BCUT2D eigenvalue weighted by Crippen LogP contribution is 2.40. The summed E-state index contributed by atoms with van der Waals surface area (Å²) in [5.41, 5.74) is 1.93. The zero-order valence-corrected chi connectivity index (χ0v) is 13.3. The van der Waals surface area contributed by atoms with Crippen molar-refractivity contribution in [2.45, 2.75) is 6.04 Å². The molecule has 0 saturated heterocycles. The minimum Gasteiger partial charge on any atom is -0.508 e. The Morgan fingerprint density at radius 1 is 1.12 bits per heavy atom. The highest BCUT2D eigenvalue weighted by molar-refractivity contribution is 6.11. The standard InChI is InChI=1S/C19H12N2O5/c22-10-2-4-16-12(6-10)21-14-8-17-13(7-18(14)26-16)20-11-5-9(19(23)24)1-3-15(11)25-17/h1-8,13,20,22H,(H,23,24). The summed E-state index contributed by atoms with van der Waals surface area (Å²) in [5.74, 6) is 1.43. The lowest BCUT2D eigenvalue weighted by molar-refractivity contribution is 0.0697. The number of nitrogens with one attached hydrogen (secondary N) is 1. The molecule has 0 saturated carbocycles. The van der Waals surface area contributed by atoms with Crippen LogP contribution in [0.1, 0.15) is 10.4 Å². The highest BCUT2D eigenvalue weighted by atomic mass is 16.5. The maximum Gasteiger partial charge on any atom is 0.335 e. The van der Waals surface area contributed by atoms with Gasteiger partial charge in [0.25, 0.3) is 0 Å². The number of benzene rings is 2. The topological polar surface area (TPSA) is 100 Å². The van der Waals surface area contributed by atoms with Crippen molar-refractivity contribution in [1.82, 2.24) is 0 Å². The van der Waals surface area contributed by atoms with Gasteiger partial charge in [0.05, 0.1) is 11.3 Å². The number of carboxylic acid groups (broad SMARTS) is 1. The molecule has 1 aliphatic carbocycles. The molecule has 128 valence electrons. The van der Waals surface area contributed by atoms with E-state index in [2.05, 4.69) is 10.3 Å². The molecule has 2 heterocycles. The van der Waals surface area contributed by atoms with E-state index in [1.165, 1.54) is 24.3 Å². The number of fused-ring (bicyclic) bond motifs is 4. The molecular weight excluding hydrogens is 336 g/mol. The van der Waals surface area contributed by atoms with Crippen molar-refractivity contribution in [3.8, 4) is 17.2 Å². The van der Waals surface area contributed by atoms with Crippen molar-refractivity contribution in [2.24, 2.45) is 4.99 Å². The zero-order valence-electron chi connectivity index (χ0n) is 13.3. The second-order valence-corrected chi connectivity index (χ2v) is 6.07. The summed E-state index contributed by atoms with van der Waals surface area (Å²) >= 11 is 0. The largest absolute Gasteiger partial charge is 0.508 e. The third kappa shape index (κ3) is 2.21. The Bertz CT molecular complexity index is 1070. The first-order valence-corrected chi connectivity index (χ1v) is 7.92. The monoisotopic (exact) mass is 348 g/mol. The Labute approximate surface area is 147 Å². The third-order valence-corrected chi connectivity index (χ3v) is 4.32. The average Bonchev–Trinajstić information content (AvgIpc) is 2.62. The summed E-state index contributed by atoms with van der Waals surface area (Å²) < 4.78 is 11.8. The van der Waals surface area contributed by atoms with Crippen LogP contribution in [-0.4, -0.2) is 27.9 Å². The van der Waals surface area contributed by atoms with Gasteiger partial charge in [-0.15, -0.1) is 0 Å². The Morgan fingerprint density at radius 3 is 2.81 bits per heavy atom. The number of rotatable bonds is 1. The summed E-state index contributed by atoms with van der Waals surface area (Å²) in [6.45, 7) is 0. The fourth-order valence-electron chi connectivity index (χ4n) is 3.08. The van der Waals surface area contributed by atoms with Crippen LogP contribution < -0.4 is 14.8 Å². The fourth-order valence-corrected chi connectivity index (χ4v) is 3.08. The van der Waals surface area contributed by atoms with Crippen molar-refractivity contribution < 1.29 is 24.5 Å². The van der Waals surface area contributed by atoms with Gasteiger partial charge in [-0.1, -0.05) is 0 Å². The lowest BCUT2D eigenvalue weighted by Gasteiger charge is -2.32. The third-order valence-electron chi connectivity index (χ3n) is 4.32. The first-order valence-electron chi connectivity index (χ1n) is 7.92. The van der Waals surface area contributed by atoms with Crippen LogP contribution in [0.25, 0.3) is 0 Å². The molecule has 5 rings (SSSR count). The number of aromatic hydroxyl groups is 1. The van der Waals surface area contributed by atoms with Gasteiger partial charge in [-0.2, -0.15) is 0 Å². The molecule has 26 heavy (non-hydrogen) atoms. The summed E-state index contributed by atoms with van der Waals surface area (Å²) in [5, 5.41) is 22.0. The smallest absolute Gasteiger partial charge is 0.335 e. The molecule has 1 atom stereocenters. The number of phenols is 1. The van der Waals surface area contributed by atoms with Crippen LogP contribution in [0.3, 0.4) is 0 Å². The predicted octanol–water partition coefficient (Wildman–Crippen LogP) is 3.21. The van der Waals surface area contributed by atoms with E-state index in [0.29, 0.717) is 40.1 Å². The zero-order chi connectivity index (χ0) is 17.8. The highest BCUT2D eigenvalue weighted by Gasteiger charge is 2.31. The minimum absolute atomic E-state index is 0.115. The van der Waals surface area contributed by atoms with Crippen LogP contribution in [0.15, 0.2) is 65.1 Å². The molecule has 0 bridgehead atoms. The second-order valence-electron chi connectivity index (χ2n) is 6.07. The fraction of sp³-hybridized carbons (Fsp3) is 0.0526. The molecule has 7 heteroatoms. The van der Waals surface area contributed by atoms with Gasteiger partial charge in [-0.05, 0) is 36.4 Å². The molecule has 3 aliphatic rings. The van der Waals surface area contributed by atoms with E-state index in [1.54, 1.807) is 18.2 Å². The van der Waals surface area contributed by atoms with Crippen LogP contribution in [0, 0.1) is 0 Å². The number of carbonyl (C=O) groups is 1. The van der Waals surface area contributed by atoms with Crippen LogP contribution in [-0.2, 0) is 0 Å². The van der Waals surface area contributed by atoms with Crippen LogP contribution in [0.4, 0.5) is 11.4 Å². The molecule has 0 fully saturated rings. The van der Waals surface area contributed by atoms with Gasteiger partial charge in [-0.3, -0.25) is 0 Å². The van der Waals surface area contributed by atoms with E-state index < -0.39 is 5.97 Å². The van der Waals surface area contributed by atoms with Gasteiger partial charge in [0.2, 0.25) is 0 Å². The first kappa shape index (κ1) is 14.6. The summed E-state index contributed by atoms with van der Waals surface area (Å²) in [6.07, 6.45) is 3.61. The average molecular weight is 348 g/mol. The number of aromatic carboxylic acids is 1. The molecule has 0 aromatic heterocycles. The van der Waals surface area contributed by atoms with Crippen molar-refractivity contribution in [3.63, 3.8) is 0 Å². The lowest BCUT2D eigenvalue weighted by atomic mass is 10.0.